The normalized spacial score (nSPS) is 29.2. The number of hydrogen-bond donors (Lipinski definition) is 0. The summed E-state index contributed by atoms with van der Waals surface area (Å²) in [7, 11) is -25.7. The lowest BCUT2D eigenvalue weighted by Crippen LogP contribution is -2.84. The van der Waals surface area contributed by atoms with Crippen molar-refractivity contribution in [3.63, 3.8) is 0 Å². The molecule has 6 aliphatic rings. The number of rotatable bonds is 48. The first kappa shape index (κ1) is 90.7. The number of allylic oxidation sites excluding steroid dienone is 8. The molecule has 576 valence electrons. The first-order chi connectivity index (χ1) is 47.6. The maximum atomic E-state index is 8.54. The largest absolute Gasteiger partial charge is 0.504 e. The van der Waals surface area contributed by atoms with Crippen LogP contribution >= 0.6 is 0 Å². The molecule has 0 aromatic carbocycles. The summed E-state index contributed by atoms with van der Waals surface area (Å²) in [6.45, 7) is 0. The van der Waals surface area contributed by atoms with Gasteiger partial charge < -0.3 is 139 Å². The maximum Gasteiger partial charge on any atom is 0.504 e. The van der Waals surface area contributed by atoms with Crippen LogP contribution in [0.1, 0.15) is 0 Å². The third-order valence-corrected chi connectivity index (χ3v) is 82.8. The van der Waals surface area contributed by atoms with Crippen molar-refractivity contribution in [2.24, 2.45) is 0 Å². The van der Waals surface area contributed by atoms with E-state index in [-0.39, 0.29) is 71.0 Å². The van der Waals surface area contributed by atoms with Gasteiger partial charge in [0.1, 0.15) is 0 Å². The van der Waals surface area contributed by atoms with E-state index in [0.717, 1.165) is 0 Å². The molecule has 6 saturated heterocycles. The highest BCUT2D eigenvalue weighted by Gasteiger charge is 2.78. The molecule has 100 heavy (non-hydrogen) atoms. The van der Waals surface area contributed by atoms with Gasteiger partial charge in [0.2, 0.25) is 0 Å². The highest BCUT2D eigenvalue weighted by atomic mass is 28.6. The molecule has 0 radical (unpaired) electrons. The first-order valence-electron chi connectivity index (χ1n) is 31.9. The second kappa shape index (κ2) is 39.1. The van der Waals surface area contributed by atoms with Crippen LogP contribution < -0.4 is 0 Å². The average molecular weight is 1700 g/mol. The molecule has 8 unspecified atom stereocenters. The van der Waals surface area contributed by atoms with Crippen LogP contribution in [0, 0.1) is 0 Å². The Balaban J connectivity index is 2.27. The maximum absolute atomic E-state index is 8.54. The summed E-state index contributed by atoms with van der Waals surface area (Å²) in [5, 5.41) is 0. The van der Waals surface area contributed by atoms with E-state index >= 15 is 0 Å². The van der Waals surface area contributed by atoms with Gasteiger partial charge in [-0.15, -0.1) is 0 Å². The Morgan fingerprint density at radius 3 is 0.320 bits per heavy atom. The fourth-order valence-corrected chi connectivity index (χ4v) is 86.7. The summed E-state index contributed by atoms with van der Waals surface area (Å²) in [6, 6.07) is 1.27. The monoisotopic (exact) mass is 1700 g/mol. The minimum Gasteiger partial charge on any atom is -0.409 e. The van der Waals surface area contributed by atoms with Crippen LogP contribution in [0.2, 0.25) is 71.0 Å². The van der Waals surface area contributed by atoms with E-state index in [1.165, 1.54) is 0 Å². The van der Waals surface area contributed by atoms with Crippen LogP contribution in [0.4, 0.5) is 0 Å². The molecule has 8 bridgehead atoms. The van der Waals surface area contributed by atoms with Gasteiger partial charge in [0, 0.05) is 242 Å². The van der Waals surface area contributed by atoms with E-state index in [2.05, 4.69) is 0 Å². The molecule has 0 saturated carbocycles. The van der Waals surface area contributed by atoms with Crippen molar-refractivity contribution in [1.82, 2.24) is 0 Å². The van der Waals surface area contributed by atoms with Crippen molar-refractivity contribution in [2.75, 3.05) is 171 Å². The summed E-state index contributed by atoms with van der Waals surface area (Å²) in [6.07, 6.45) is 15.4. The lowest BCUT2D eigenvalue weighted by atomic mass is 10.8. The van der Waals surface area contributed by atoms with Gasteiger partial charge in [0.25, 0.3) is 0 Å². The molecule has 6 aliphatic heterocycles. The molecule has 48 heteroatoms. The van der Waals surface area contributed by atoms with Gasteiger partial charge in [-0.3, -0.25) is 0 Å². The van der Waals surface area contributed by atoms with Crippen molar-refractivity contribution in [3.05, 3.63) is 94.2 Å². The molecule has 6 heterocycles. The van der Waals surface area contributed by atoms with Gasteiger partial charge in [0.05, 0.1) is 0 Å². The van der Waals surface area contributed by atoms with Crippen LogP contribution in [-0.4, -0.2) is 310 Å². The Kier molecular flexibility index (Phi) is 35.5. The zero-order valence-electron chi connectivity index (χ0n) is 62.8. The van der Waals surface area contributed by atoms with Gasteiger partial charge in [-0.25, -0.2) is 0 Å². The van der Waals surface area contributed by atoms with Crippen molar-refractivity contribution >= 4 is 139 Å². The third-order valence-electron chi connectivity index (χ3n) is 18.1. The van der Waals surface area contributed by atoms with Crippen LogP contribution in [0.5, 0.6) is 0 Å². The van der Waals surface area contributed by atoms with Crippen LogP contribution in [0.15, 0.2) is 94.2 Å². The molecule has 6 fully saturated rings. The van der Waals surface area contributed by atoms with Crippen LogP contribution in [-0.2, 0) is 139 Å². The minimum atomic E-state index is -4.44. The Hall–Kier alpha value is 0.110. The molecule has 0 aromatic rings. The average Bonchev–Trinajstić information content (AvgIpc) is 0.687. The molecular weight excluding hydrogens is 1590 g/mol. The predicted octanol–water partition coefficient (Wildman–Crippen LogP) is 5.67. The molecule has 0 spiro atoms. The SMILES string of the molecule is CO[Si](CC=C[Si]12C[Si]3(/C=C\C[Si](OC)(OC)OC)O[Si]4(C=CC[Si](OC)(OC)OC)C[Si](/C=C\C[Si](OC)(OC)OC)(O1)O[Si]1(/C=C/C[Si](OC)(OC)OC)C[Si](/C=C/C[Si](OC)(OC)OC)(O2)O[Si](/C=C/C[Si](OC)(OC)OC)(C[Si](/C=C/C[Si](OC)(OC)OC)(O4)O1)O3)(OC)OC. The van der Waals surface area contributed by atoms with E-state index in [0.29, 0.717) is 0 Å². The molecule has 0 aromatic heterocycles. The van der Waals surface area contributed by atoms with E-state index < -0.39 is 139 Å². The van der Waals surface area contributed by atoms with E-state index in [4.69, 9.17) is 139 Å². The molecule has 0 amide bonds. The van der Waals surface area contributed by atoms with E-state index in [1.54, 1.807) is 171 Å². The molecular formula is C52H112O32Si16. The van der Waals surface area contributed by atoms with Crippen molar-refractivity contribution < 1.29 is 139 Å². The Morgan fingerprint density at radius 2 is 0.250 bits per heavy atom. The highest BCUT2D eigenvalue weighted by Crippen LogP contribution is 2.55. The quantitative estimate of drug-likeness (QED) is 0.0663. The summed E-state index contributed by atoms with van der Waals surface area (Å²) in [4.78, 5) is 0. The van der Waals surface area contributed by atoms with Gasteiger partial charge >= 0.3 is 139 Å². The summed E-state index contributed by atoms with van der Waals surface area (Å²) < 4.78 is 214. The van der Waals surface area contributed by atoms with Crippen LogP contribution in [0.25, 0.3) is 0 Å². The Bertz CT molecular complexity index is 2070. The predicted molar refractivity (Wildman–Crippen MR) is 400 cm³/mol. The topological polar surface area (TPSA) is 295 Å². The zero-order valence-corrected chi connectivity index (χ0v) is 78.8. The van der Waals surface area contributed by atoms with Gasteiger partial charge in [0.15, 0.2) is 0 Å². The molecule has 0 N–H and O–H groups in total. The Labute approximate surface area is 609 Å². The van der Waals surface area contributed by atoms with E-state index in [1.807, 2.05) is 94.2 Å². The summed E-state index contributed by atoms with van der Waals surface area (Å²) >= 11 is 0. The van der Waals surface area contributed by atoms with Gasteiger partial charge in [-0.05, 0) is 45.6 Å². The first-order valence-corrected chi connectivity index (χ1v) is 64.1. The molecule has 6 rings (SSSR count). The molecule has 0 aliphatic carbocycles. The third kappa shape index (κ3) is 21.4. The summed E-state index contributed by atoms with van der Waals surface area (Å²) in [5.74, 6) is 0. The fourth-order valence-electron chi connectivity index (χ4n) is 12.5. The van der Waals surface area contributed by atoms with Gasteiger partial charge in [-0.1, -0.05) is 48.6 Å². The second-order valence-corrected chi connectivity index (χ2v) is 75.1. The lowest BCUT2D eigenvalue weighted by Gasteiger charge is -2.63. The van der Waals surface area contributed by atoms with E-state index in [9.17, 15) is 0 Å². The standard InChI is InChI=1S/C52H112O32Si16/c1-53-93(54-2,55-3)41-25-33-85-49-86(34-26-42-94(56-4,57-5)58-6)78-89(37-29-45-97(65-13,66-14)67-15)50-87(77-85,35-27-43-95(59-7,60-8)61-9)83-90(38-30-46-98(68-16,69-17)70-18)51-88(81-85,36-28-44-96(62-10,63-11)64-12)79-91(82-86,39-31-47-99(71-19,72-20)73-21)52-92(80-90,84-89)40-32-48-100(74-22,75-23)76-24/h25-40H,41-52H2,1-24H3/b33-25-,34-26?,35-27?,36-28+,37-29-,38-30+,39-31+,40-32+. The van der Waals surface area contributed by atoms with Crippen molar-refractivity contribution in [2.45, 2.75) is 71.0 Å². The smallest absolute Gasteiger partial charge is 0.409 e. The van der Waals surface area contributed by atoms with Crippen LogP contribution in [0.3, 0.4) is 0 Å². The Morgan fingerprint density at radius 1 is 0.170 bits per heavy atom. The van der Waals surface area contributed by atoms with Gasteiger partial charge in [-0.2, -0.15) is 0 Å². The highest BCUT2D eigenvalue weighted by molar-refractivity contribution is 7.17. The second-order valence-electron chi connectivity index (χ2n) is 23.2. The molecule has 32 nitrogen and oxygen atoms in total. The summed E-state index contributed by atoms with van der Waals surface area (Å²) in [5.41, 5.74) is 15.8. The minimum absolute atomic E-state index is 0.0229. The lowest BCUT2D eigenvalue weighted by molar-refractivity contribution is 0.126. The molecule has 8 atom stereocenters. The zero-order chi connectivity index (χ0) is 74.4. The number of hydrogen-bond acceptors (Lipinski definition) is 32. The fraction of sp³-hybridized carbons (Fsp3) is 0.692. The van der Waals surface area contributed by atoms with Crippen molar-refractivity contribution in [1.29, 1.82) is 0 Å². The van der Waals surface area contributed by atoms with Crippen molar-refractivity contribution in [3.8, 4) is 0 Å².